The Bertz CT molecular complexity index is 308. The van der Waals surface area contributed by atoms with Crippen molar-refractivity contribution in [1.29, 1.82) is 0 Å². The Morgan fingerprint density at radius 1 is 1.54 bits per heavy atom. The van der Waals surface area contributed by atoms with Gasteiger partial charge in [0.2, 0.25) is 0 Å². The summed E-state index contributed by atoms with van der Waals surface area (Å²) in [6, 6.07) is 3.07. The summed E-state index contributed by atoms with van der Waals surface area (Å²) in [6.07, 6.45) is 4.59. The molecule has 0 aliphatic heterocycles. The van der Waals surface area contributed by atoms with Crippen molar-refractivity contribution in [3.8, 4) is 0 Å². The zero-order valence-electron chi connectivity index (χ0n) is 7.63. The smallest absolute Gasteiger partial charge is 0.144 e. The molecule has 1 aromatic heterocycles. The van der Waals surface area contributed by atoms with Crippen LogP contribution in [0, 0.1) is 12.7 Å². The van der Waals surface area contributed by atoms with Crippen LogP contribution in [0.4, 0.5) is 4.39 Å². The van der Waals surface area contributed by atoms with Crippen LogP contribution in [-0.2, 0) is 0 Å². The molecule has 0 bridgehead atoms. The fourth-order valence-corrected chi connectivity index (χ4v) is 0.957. The Morgan fingerprint density at radius 3 is 2.92 bits per heavy atom. The molecule has 0 saturated carbocycles. The highest BCUT2D eigenvalue weighted by Crippen LogP contribution is 2.05. The Morgan fingerprint density at radius 2 is 2.31 bits per heavy atom. The number of hydrogen-bond acceptors (Lipinski definition) is 2. The van der Waals surface area contributed by atoms with Gasteiger partial charge in [0.05, 0.1) is 11.4 Å². The predicted octanol–water partition coefficient (Wildman–Crippen LogP) is 1.89. The van der Waals surface area contributed by atoms with Crippen LogP contribution in [0.15, 0.2) is 18.2 Å². The van der Waals surface area contributed by atoms with Crippen LogP contribution in [0.1, 0.15) is 17.8 Å². The molecule has 1 rings (SSSR count). The van der Waals surface area contributed by atoms with Gasteiger partial charge in [-0.25, -0.2) is 4.39 Å². The first-order valence-corrected chi connectivity index (χ1v) is 4.24. The highest BCUT2D eigenvalue weighted by Gasteiger charge is 1.96. The van der Waals surface area contributed by atoms with Gasteiger partial charge < -0.3 is 5.73 Å². The molecular formula is C10H13FN2. The molecule has 0 aliphatic carbocycles. The summed E-state index contributed by atoms with van der Waals surface area (Å²) in [5.74, 6) is -0.268. The van der Waals surface area contributed by atoms with Crippen LogP contribution in [0.25, 0.3) is 6.08 Å². The van der Waals surface area contributed by atoms with Gasteiger partial charge in [-0.05, 0) is 38.1 Å². The minimum atomic E-state index is -0.268. The molecule has 1 heterocycles. The van der Waals surface area contributed by atoms with E-state index >= 15 is 0 Å². The Balaban J connectivity index is 2.73. The summed E-state index contributed by atoms with van der Waals surface area (Å²) in [5.41, 5.74) is 6.51. The molecule has 0 radical (unpaired) electrons. The molecule has 0 atom stereocenters. The summed E-state index contributed by atoms with van der Waals surface area (Å²) >= 11 is 0. The number of halogens is 1. The number of aromatic nitrogens is 1. The molecule has 0 spiro atoms. The van der Waals surface area contributed by atoms with Gasteiger partial charge in [-0.1, -0.05) is 6.08 Å². The van der Waals surface area contributed by atoms with E-state index in [9.17, 15) is 4.39 Å². The third kappa shape index (κ3) is 2.95. The minimum Gasteiger partial charge on any atom is -0.330 e. The number of nitrogens with two attached hydrogens (primary N) is 1. The summed E-state index contributed by atoms with van der Waals surface area (Å²) in [7, 11) is 0. The highest BCUT2D eigenvalue weighted by molar-refractivity contribution is 5.44. The number of pyridine rings is 1. The predicted molar refractivity (Wildman–Crippen MR) is 51.6 cm³/mol. The first-order chi connectivity index (χ1) is 6.24. The van der Waals surface area contributed by atoms with Gasteiger partial charge in [-0.3, -0.25) is 4.98 Å². The molecule has 2 nitrogen and oxygen atoms in total. The third-order valence-electron chi connectivity index (χ3n) is 1.66. The first kappa shape index (κ1) is 9.86. The molecule has 3 heteroatoms. The second kappa shape index (κ2) is 4.72. The number of nitrogens with zero attached hydrogens (tertiary/aromatic N) is 1. The van der Waals surface area contributed by atoms with Gasteiger partial charge in [-0.2, -0.15) is 0 Å². The van der Waals surface area contributed by atoms with Crippen LogP contribution in [0.5, 0.6) is 0 Å². The first-order valence-electron chi connectivity index (χ1n) is 4.24. The van der Waals surface area contributed by atoms with E-state index in [1.807, 2.05) is 12.2 Å². The number of aryl methyl sites for hydroxylation is 1. The molecule has 1 aromatic rings. The molecule has 0 aliphatic rings. The minimum absolute atomic E-state index is 0.268. The lowest BCUT2D eigenvalue weighted by Crippen LogP contribution is -1.95. The van der Waals surface area contributed by atoms with Gasteiger partial charge in [0.1, 0.15) is 5.82 Å². The molecule has 0 saturated heterocycles. The fourth-order valence-electron chi connectivity index (χ4n) is 0.957. The van der Waals surface area contributed by atoms with Crippen molar-refractivity contribution in [2.45, 2.75) is 13.3 Å². The molecular weight excluding hydrogens is 167 g/mol. The SMILES string of the molecule is Cc1nc(C=CCCN)ccc1F. The van der Waals surface area contributed by atoms with E-state index in [4.69, 9.17) is 5.73 Å². The average molecular weight is 180 g/mol. The van der Waals surface area contributed by atoms with Gasteiger partial charge in [0.15, 0.2) is 0 Å². The Hall–Kier alpha value is -1.22. The van der Waals surface area contributed by atoms with Gasteiger partial charge >= 0.3 is 0 Å². The van der Waals surface area contributed by atoms with Crippen molar-refractivity contribution in [2.24, 2.45) is 5.73 Å². The lowest BCUT2D eigenvalue weighted by atomic mass is 10.2. The van der Waals surface area contributed by atoms with Crippen molar-refractivity contribution < 1.29 is 4.39 Å². The van der Waals surface area contributed by atoms with Crippen molar-refractivity contribution in [3.05, 3.63) is 35.4 Å². The lowest BCUT2D eigenvalue weighted by Gasteiger charge is -1.96. The maximum atomic E-state index is 12.8. The molecule has 2 N–H and O–H groups in total. The van der Waals surface area contributed by atoms with E-state index in [0.29, 0.717) is 12.2 Å². The van der Waals surface area contributed by atoms with Crippen LogP contribution in [0.3, 0.4) is 0 Å². The summed E-state index contributed by atoms with van der Waals surface area (Å²) in [6.45, 7) is 2.27. The zero-order valence-corrected chi connectivity index (χ0v) is 7.63. The number of hydrogen-bond donors (Lipinski definition) is 1. The molecule has 13 heavy (non-hydrogen) atoms. The molecule has 0 aromatic carbocycles. The molecule has 0 fully saturated rings. The molecule has 0 amide bonds. The van der Waals surface area contributed by atoms with Crippen LogP contribution in [0.2, 0.25) is 0 Å². The summed E-state index contributed by atoms with van der Waals surface area (Å²) < 4.78 is 12.8. The van der Waals surface area contributed by atoms with Crippen LogP contribution in [-0.4, -0.2) is 11.5 Å². The lowest BCUT2D eigenvalue weighted by molar-refractivity contribution is 0.609. The average Bonchev–Trinajstić information content (AvgIpc) is 2.12. The number of rotatable bonds is 3. The van der Waals surface area contributed by atoms with E-state index in [-0.39, 0.29) is 5.82 Å². The second-order valence-electron chi connectivity index (χ2n) is 2.78. The van der Waals surface area contributed by atoms with E-state index in [2.05, 4.69) is 4.98 Å². The maximum absolute atomic E-state index is 12.8. The van der Waals surface area contributed by atoms with Crippen molar-refractivity contribution in [1.82, 2.24) is 4.98 Å². The van der Waals surface area contributed by atoms with Crippen molar-refractivity contribution in [2.75, 3.05) is 6.54 Å². The van der Waals surface area contributed by atoms with Crippen molar-refractivity contribution in [3.63, 3.8) is 0 Å². The maximum Gasteiger partial charge on any atom is 0.144 e. The normalized spacial score (nSPS) is 11.0. The quantitative estimate of drug-likeness (QED) is 0.771. The standard InChI is InChI=1S/C10H13FN2/c1-8-10(11)6-5-9(13-8)4-2-3-7-12/h2,4-6H,3,7,12H2,1H3. The Labute approximate surface area is 77.3 Å². The monoisotopic (exact) mass is 180 g/mol. The van der Waals surface area contributed by atoms with E-state index in [1.54, 1.807) is 13.0 Å². The van der Waals surface area contributed by atoms with E-state index in [1.165, 1.54) is 6.07 Å². The van der Waals surface area contributed by atoms with E-state index in [0.717, 1.165) is 12.1 Å². The Kier molecular flexibility index (Phi) is 3.58. The third-order valence-corrected chi connectivity index (χ3v) is 1.66. The van der Waals surface area contributed by atoms with Crippen LogP contribution >= 0.6 is 0 Å². The van der Waals surface area contributed by atoms with E-state index < -0.39 is 0 Å². The second-order valence-corrected chi connectivity index (χ2v) is 2.78. The molecule has 0 unspecified atom stereocenters. The van der Waals surface area contributed by atoms with Gasteiger partial charge in [0, 0.05) is 0 Å². The topological polar surface area (TPSA) is 38.9 Å². The summed E-state index contributed by atoms with van der Waals surface area (Å²) in [5, 5.41) is 0. The van der Waals surface area contributed by atoms with Gasteiger partial charge in [0.25, 0.3) is 0 Å². The van der Waals surface area contributed by atoms with Crippen LogP contribution < -0.4 is 5.73 Å². The highest BCUT2D eigenvalue weighted by atomic mass is 19.1. The fraction of sp³-hybridized carbons (Fsp3) is 0.300. The summed E-state index contributed by atoms with van der Waals surface area (Å²) in [4.78, 5) is 4.04. The largest absolute Gasteiger partial charge is 0.330 e. The van der Waals surface area contributed by atoms with Gasteiger partial charge in [-0.15, -0.1) is 0 Å². The zero-order chi connectivity index (χ0) is 9.68. The van der Waals surface area contributed by atoms with Crippen molar-refractivity contribution >= 4 is 6.08 Å². The molecule has 70 valence electrons.